The first-order valence-electron chi connectivity index (χ1n) is 9.04. The highest BCUT2D eigenvalue weighted by atomic mass is 32.2. The summed E-state index contributed by atoms with van der Waals surface area (Å²) in [5.41, 5.74) is -1.60. The van der Waals surface area contributed by atoms with Gasteiger partial charge in [0.1, 0.15) is 0 Å². The molecule has 0 atom stereocenters. The molecule has 1 aromatic heterocycles. The molecule has 3 N–H and O–H groups in total. The van der Waals surface area contributed by atoms with Crippen molar-refractivity contribution in [3.63, 3.8) is 0 Å². The summed E-state index contributed by atoms with van der Waals surface area (Å²) in [4.78, 5) is 41.6. The third-order valence-corrected chi connectivity index (χ3v) is 6.16. The molecular weight excluding hydrogens is 384 g/mol. The summed E-state index contributed by atoms with van der Waals surface area (Å²) in [6.45, 7) is 2.57. The van der Waals surface area contributed by atoms with E-state index in [1.807, 2.05) is 4.98 Å². The van der Waals surface area contributed by atoms with Gasteiger partial charge in [0.05, 0.1) is 11.3 Å². The molecule has 0 spiro atoms. The largest absolute Gasteiger partial charge is 0.339 e. The Balaban J connectivity index is 1.96. The summed E-state index contributed by atoms with van der Waals surface area (Å²) in [5.74, 6) is -0.257. The van der Waals surface area contributed by atoms with E-state index in [0.717, 1.165) is 25.7 Å². The molecule has 0 radical (unpaired) electrons. The number of sulfonamides is 1. The summed E-state index contributed by atoms with van der Waals surface area (Å²) < 4.78 is 27.9. The van der Waals surface area contributed by atoms with Gasteiger partial charge in [-0.15, -0.1) is 0 Å². The second-order valence-corrected chi connectivity index (χ2v) is 8.34. The van der Waals surface area contributed by atoms with Crippen molar-refractivity contribution in [1.82, 2.24) is 14.9 Å². The normalized spacial score (nSPS) is 15.1. The van der Waals surface area contributed by atoms with Crippen LogP contribution in [0.1, 0.15) is 41.7 Å². The van der Waals surface area contributed by atoms with E-state index in [0.29, 0.717) is 13.1 Å². The first-order valence-corrected chi connectivity index (χ1v) is 10.5. The maximum absolute atomic E-state index is 12.9. The molecule has 1 aliphatic rings. The monoisotopic (exact) mass is 406 g/mol. The lowest BCUT2D eigenvalue weighted by molar-refractivity contribution is 0.0762. The highest BCUT2D eigenvalue weighted by Gasteiger charge is 2.26. The molecule has 0 aliphatic carbocycles. The Bertz CT molecular complexity index is 1100. The van der Waals surface area contributed by atoms with Crippen molar-refractivity contribution in [3.8, 4) is 0 Å². The van der Waals surface area contributed by atoms with E-state index < -0.39 is 26.2 Å². The molecule has 0 bridgehead atoms. The number of hydrogen-bond donors (Lipinski definition) is 3. The fourth-order valence-corrected chi connectivity index (χ4v) is 4.63. The van der Waals surface area contributed by atoms with E-state index in [1.165, 1.54) is 13.0 Å². The van der Waals surface area contributed by atoms with E-state index in [2.05, 4.69) is 9.71 Å². The van der Waals surface area contributed by atoms with Crippen molar-refractivity contribution in [2.24, 2.45) is 0 Å². The third-order valence-electron chi connectivity index (χ3n) is 4.64. The van der Waals surface area contributed by atoms with Crippen LogP contribution in [0.2, 0.25) is 0 Å². The number of rotatable bonds is 4. The molecule has 9 nitrogen and oxygen atoms in total. The van der Waals surface area contributed by atoms with Crippen LogP contribution in [0.5, 0.6) is 0 Å². The van der Waals surface area contributed by atoms with Crippen LogP contribution in [0.15, 0.2) is 38.8 Å². The second kappa shape index (κ2) is 8.01. The zero-order valence-electron chi connectivity index (χ0n) is 15.4. The van der Waals surface area contributed by atoms with Crippen LogP contribution in [0.3, 0.4) is 0 Å². The highest BCUT2D eigenvalue weighted by molar-refractivity contribution is 7.92. The SMILES string of the molecule is Cc1[nH]c(=O)[nH]c(=O)c1S(=O)(=O)Nc1ccccc1C(=O)N1CCCCCC1. The number of nitrogens with zero attached hydrogens (tertiary/aromatic N) is 1. The van der Waals surface area contributed by atoms with Gasteiger partial charge in [-0.25, -0.2) is 13.2 Å². The van der Waals surface area contributed by atoms with Crippen molar-refractivity contribution < 1.29 is 13.2 Å². The first kappa shape index (κ1) is 19.9. The maximum atomic E-state index is 12.9. The maximum Gasteiger partial charge on any atom is 0.325 e. The Hall–Kier alpha value is -2.88. The molecule has 1 aromatic carbocycles. The van der Waals surface area contributed by atoms with Crippen molar-refractivity contribution >= 4 is 21.6 Å². The number of nitrogens with one attached hydrogen (secondary N) is 3. The van der Waals surface area contributed by atoms with Gasteiger partial charge in [0.15, 0.2) is 4.90 Å². The molecular formula is C18H22N4O5S. The molecule has 1 fully saturated rings. The quantitative estimate of drug-likeness (QED) is 0.702. The van der Waals surface area contributed by atoms with Crippen LogP contribution >= 0.6 is 0 Å². The average Bonchev–Trinajstić information content (AvgIpc) is 2.89. The lowest BCUT2D eigenvalue weighted by Gasteiger charge is -2.22. The van der Waals surface area contributed by atoms with Crippen LogP contribution in [0.25, 0.3) is 0 Å². The minimum atomic E-state index is -4.32. The standard InChI is InChI=1S/C18H22N4O5S/c1-12-15(16(23)20-18(25)19-12)28(26,27)21-14-9-5-4-8-13(14)17(24)22-10-6-2-3-7-11-22/h4-5,8-9,21H,2-3,6-7,10-11H2,1H3,(H2,19,20,23,25). The smallest absolute Gasteiger partial charge is 0.325 e. The van der Waals surface area contributed by atoms with Crippen LogP contribution in [-0.4, -0.2) is 42.3 Å². The van der Waals surface area contributed by atoms with Gasteiger partial charge in [-0.2, -0.15) is 0 Å². The van der Waals surface area contributed by atoms with Gasteiger partial charge >= 0.3 is 5.69 Å². The predicted molar refractivity (Wildman–Crippen MR) is 104 cm³/mol. The second-order valence-electron chi connectivity index (χ2n) is 6.72. The van der Waals surface area contributed by atoms with Gasteiger partial charge in [0.2, 0.25) is 0 Å². The fraction of sp³-hybridized carbons (Fsp3) is 0.389. The number of para-hydroxylation sites is 1. The number of carbonyl (C=O) groups excluding carboxylic acids is 1. The Morgan fingerprint density at radius 2 is 1.68 bits per heavy atom. The average molecular weight is 406 g/mol. The number of hydrogen-bond acceptors (Lipinski definition) is 5. The molecule has 2 heterocycles. The van der Waals surface area contributed by atoms with E-state index in [4.69, 9.17) is 0 Å². The number of H-pyrrole nitrogens is 2. The number of benzene rings is 1. The van der Waals surface area contributed by atoms with E-state index >= 15 is 0 Å². The lowest BCUT2D eigenvalue weighted by Crippen LogP contribution is -2.34. The van der Waals surface area contributed by atoms with Crippen molar-refractivity contribution in [2.75, 3.05) is 17.8 Å². The number of likely N-dealkylation sites (tertiary alicyclic amines) is 1. The highest BCUT2D eigenvalue weighted by Crippen LogP contribution is 2.22. The number of carbonyl (C=O) groups is 1. The summed E-state index contributed by atoms with van der Waals surface area (Å²) in [7, 11) is -4.32. The van der Waals surface area contributed by atoms with Gasteiger partial charge in [0, 0.05) is 18.8 Å². The van der Waals surface area contributed by atoms with Gasteiger partial charge in [-0.05, 0) is 31.9 Å². The molecule has 150 valence electrons. The summed E-state index contributed by atoms with van der Waals surface area (Å²) >= 11 is 0. The Morgan fingerprint density at radius 1 is 1.04 bits per heavy atom. The number of aryl methyl sites for hydroxylation is 1. The Kier molecular flexibility index (Phi) is 5.68. The number of aromatic nitrogens is 2. The van der Waals surface area contributed by atoms with Crippen LogP contribution in [0.4, 0.5) is 5.69 Å². The van der Waals surface area contributed by atoms with Gasteiger partial charge in [0.25, 0.3) is 21.5 Å². The minimum absolute atomic E-state index is 0.0850. The van der Waals surface area contributed by atoms with Crippen LogP contribution in [-0.2, 0) is 10.0 Å². The number of aromatic amines is 2. The molecule has 1 aliphatic heterocycles. The zero-order valence-corrected chi connectivity index (χ0v) is 16.3. The molecule has 28 heavy (non-hydrogen) atoms. The summed E-state index contributed by atoms with van der Waals surface area (Å²) in [5, 5.41) is 0. The lowest BCUT2D eigenvalue weighted by atomic mass is 10.1. The number of amides is 1. The molecule has 0 saturated carbocycles. The minimum Gasteiger partial charge on any atom is -0.339 e. The van der Waals surface area contributed by atoms with Gasteiger partial charge < -0.3 is 9.88 Å². The molecule has 3 rings (SSSR count). The van der Waals surface area contributed by atoms with E-state index in [1.54, 1.807) is 23.1 Å². The predicted octanol–water partition coefficient (Wildman–Crippen LogP) is 1.19. The number of anilines is 1. The Morgan fingerprint density at radius 3 is 2.32 bits per heavy atom. The van der Waals surface area contributed by atoms with Crippen LogP contribution < -0.4 is 16.0 Å². The zero-order chi connectivity index (χ0) is 20.3. The third kappa shape index (κ3) is 4.16. The molecule has 0 unspecified atom stereocenters. The first-order chi connectivity index (χ1) is 13.3. The topological polar surface area (TPSA) is 132 Å². The fourth-order valence-electron chi connectivity index (χ4n) is 3.31. The molecule has 2 aromatic rings. The van der Waals surface area contributed by atoms with Crippen LogP contribution in [0, 0.1) is 6.92 Å². The van der Waals surface area contributed by atoms with Crippen molar-refractivity contribution in [1.29, 1.82) is 0 Å². The molecule has 10 heteroatoms. The Labute approximate surface area is 161 Å². The van der Waals surface area contributed by atoms with Gasteiger partial charge in [-0.3, -0.25) is 19.3 Å². The molecule has 1 saturated heterocycles. The van der Waals surface area contributed by atoms with Crippen molar-refractivity contribution in [2.45, 2.75) is 37.5 Å². The molecule has 1 amide bonds. The van der Waals surface area contributed by atoms with Gasteiger partial charge in [-0.1, -0.05) is 25.0 Å². The van der Waals surface area contributed by atoms with Crippen molar-refractivity contribution in [3.05, 3.63) is 56.4 Å². The summed E-state index contributed by atoms with van der Waals surface area (Å²) in [6.07, 6.45) is 3.94. The van der Waals surface area contributed by atoms with E-state index in [9.17, 15) is 22.8 Å². The van der Waals surface area contributed by atoms with E-state index in [-0.39, 0.29) is 22.9 Å². The summed E-state index contributed by atoms with van der Waals surface area (Å²) in [6, 6.07) is 6.27.